The summed E-state index contributed by atoms with van der Waals surface area (Å²) in [7, 11) is 1.45. The van der Waals surface area contributed by atoms with Crippen LogP contribution in [0.4, 0.5) is 9.59 Å². The van der Waals surface area contributed by atoms with Crippen LogP contribution in [-0.2, 0) is 23.8 Å². The van der Waals surface area contributed by atoms with Crippen LogP contribution in [0.3, 0.4) is 0 Å². The zero-order chi connectivity index (χ0) is 30.5. The third kappa shape index (κ3) is 7.56. The van der Waals surface area contributed by atoms with Crippen LogP contribution in [0.5, 0.6) is 0 Å². The van der Waals surface area contributed by atoms with Crippen molar-refractivity contribution in [2.45, 2.75) is 77.7 Å². The Kier molecular flexibility index (Phi) is 10.0. The molecule has 0 aliphatic heterocycles. The lowest BCUT2D eigenvalue weighted by Gasteiger charge is -2.32. The van der Waals surface area contributed by atoms with Gasteiger partial charge in [0.25, 0.3) is 0 Å². The second-order valence-corrected chi connectivity index (χ2v) is 11.3. The molecule has 0 heterocycles. The van der Waals surface area contributed by atoms with Crippen LogP contribution >= 0.6 is 0 Å². The van der Waals surface area contributed by atoms with Crippen molar-refractivity contribution in [3.05, 3.63) is 59.7 Å². The first-order chi connectivity index (χ1) is 19.2. The van der Waals surface area contributed by atoms with Crippen molar-refractivity contribution in [3.63, 3.8) is 0 Å². The number of benzene rings is 2. The molecule has 10 heteroatoms. The number of hydrogen-bond donors (Lipinski definition) is 2. The number of alkyl carbamates (subject to hydrolysis) is 1. The molecule has 0 saturated heterocycles. The summed E-state index contributed by atoms with van der Waals surface area (Å²) in [6.07, 6.45) is -2.38. The molecule has 4 atom stereocenters. The van der Waals surface area contributed by atoms with Gasteiger partial charge >= 0.3 is 24.1 Å². The Balaban J connectivity index is 1.70. The number of carboxylic acids is 1. The first-order valence-electron chi connectivity index (χ1n) is 13.8. The predicted octanol–water partition coefficient (Wildman–Crippen LogP) is 5.19. The fraction of sp³-hybridized carbons (Fsp3) is 0.484. The quantitative estimate of drug-likeness (QED) is 0.296. The second kappa shape index (κ2) is 13.1. The van der Waals surface area contributed by atoms with Gasteiger partial charge in [-0.25, -0.2) is 19.2 Å². The molecule has 2 N–H and O–H groups in total. The molecule has 0 spiro atoms. The van der Waals surface area contributed by atoms with Gasteiger partial charge in [0.05, 0.1) is 0 Å². The Morgan fingerprint density at radius 1 is 0.976 bits per heavy atom. The summed E-state index contributed by atoms with van der Waals surface area (Å²) in [5.74, 6) is -2.69. The van der Waals surface area contributed by atoms with Gasteiger partial charge in [-0.2, -0.15) is 0 Å². The Labute approximate surface area is 241 Å². The first-order valence-corrected chi connectivity index (χ1v) is 13.8. The highest BCUT2D eigenvalue weighted by atomic mass is 16.6. The summed E-state index contributed by atoms with van der Waals surface area (Å²) in [6, 6.07) is 13.3. The number of rotatable bonds is 10. The van der Waals surface area contributed by atoms with Gasteiger partial charge in [0.2, 0.25) is 0 Å². The van der Waals surface area contributed by atoms with Crippen LogP contribution in [0.2, 0.25) is 0 Å². The SMILES string of the molecule is CC[C@H](C)[C@@H](C(=O)O[C@H](C)[C@@H](NC(=O)OC(C)(C)C)C(=O)O)N(C)C(=O)OCC1c2ccccc2-c2ccccc21. The van der Waals surface area contributed by atoms with E-state index in [2.05, 4.69) is 5.32 Å². The Bertz CT molecular complexity index is 1230. The van der Waals surface area contributed by atoms with Crippen molar-refractivity contribution in [2.24, 2.45) is 5.92 Å². The third-order valence-corrected chi connectivity index (χ3v) is 7.18. The molecule has 0 fully saturated rings. The number of esters is 1. The number of ether oxygens (including phenoxy) is 3. The van der Waals surface area contributed by atoms with E-state index in [0.29, 0.717) is 6.42 Å². The minimum absolute atomic E-state index is 0.0801. The van der Waals surface area contributed by atoms with Crippen LogP contribution in [0, 0.1) is 5.92 Å². The minimum Gasteiger partial charge on any atom is -0.480 e. The Morgan fingerprint density at radius 3 is 2.00 bits per heavy atom. The van der Waals surface area contributed by atoms with Crippen LogP contribution in [0.15, 0.2) is 48.5 Å². The standard InChI is InChI=1S/C31H40N2O8/c1-8-18(2)26(28(36)40-19(3)25(27(34)35)32-29(37)41-31(4,5)6)33(7)30(38)39-17-24-22-15-11-9-13-20(22)21-14-10-12-16-23(21)24/h9-16,18-19,24-26H,8,17H2,1-7H3,(H,32,37)(H,34,35)/t18-,19+,25+,26-/m0/s1. The summed E-state index contributed by atoms with van der Waals surface area (Å²) in [4.78, 5) is 51.8. The lowest BCUT2D eigenvalue weighted by molar-refractivity contribution is -0.160. The predicted molar refractivity (Wildman–Crippen MR) is 152 cm³/mol. The van der Waals surface area contributed by atoms with E-state index in [1.807, 2.05) is 55.5 Å². The number of hydrogen-bond acceptors (Lipinski definition) is 7. The van der Waals surface area contributed by atoms with Crippen molar-refractivity contribution >= 4 is 24.1 Å². The van der Waals surface area contributed by atoms with E-state index >= 15 is 0 Å². The summed E-state index contributed by atoms with van der Waals surface area (Å²) < 4.78 is 16.4. The van der Waals surface area contributed by atoms with Crippen molar-refractivity contribution < 1.29 is 38.5 Å². The summed E-state index contributed by atoms with van der Waals surface area (Å²) in [5, 5.41) is 11.9. The van der Waals surface area contributed by atoms with Gasteiger partial charge in [0.1, 0.15) is 24.4 Å². The third-order valence-electron chi connectivity index (χ3n) is 7.18. The molecule has 1 aliphatic rings. The summed E-state index contributed by atoms with van der Waals surface area (Å²) in [5.41, 5.74) is 3.47. The number of carbonyl (C=O) groups is 4. The van der Waals surface area contributed by atoms with Crippen LogP contribution in [0.25, 0.3) is 11.1 Å². The maximum absolute atomic E-state index is 13.3. The minimum atomic E-state index is -1.56. The topological polar surface area (TPSA) is 131 Å². The summed E-state index contributed by atoms with van der Waals surface area (Å²) >= 11 is 0. The second-order valence-electron chi connectivity index (χ2n) is 11.3. The number of nitrogens with one attached hydrogen (secondary N) is 1. The molecule has 2 amide bonds. The zero-order valence-electron chi connectivity index (χ0n) is 24.7. The Hall–Kier alpha value is -4.08. The number of carboxylic acid groups (broad SMARTS) is 1. The van der Waals surface area contributed by atoms with Crippen molar-refractivity contribution in [1.82, 2.24) is 10.2 Å². The average molecular weight is 569 g/mol. The van der Waals surface area contributed by atoms with E-state index in [4.69, 9.17) is 14.2 Å². The molecule has 3 rings (SSSR count). The maximum Gasteiger partial charge on any atom is 0.410 e. The normalized spacial score (nSPS) is 15.4. The number of amides is 2. The summed E-state index contributed by atoms with van der Waals surface area (Å²) in [6.45, 7) is 10.0. The van der Waals surface area contributed by atoms with Crippen molar-refractivity contribution in [2.75, 3.05) is 13.7 Å². The van der Waals surface area contributed by atoms with Gasteiger partial charge in [0.15, 0.2) is 6.04 Å². The number of aliphatic carboxylic acids is 1. The molecule has 2 aromatic rings. The van der Waals surface area contributed by atoms with Crippen molar-refractivity contribution in [1.29, 1.82) is 0 Å². The molecule has 0 radical (unpaired) electrons. The number of likely N-dealkylation sites (N-methyl/N-ethyl adjacent to an activating group) is 1. The molecule has 1 aliphatic carbocycles. The molecular formula is C31H40N2O8. The molecule has 0 saturated carbocycles. The first kappa shape index (κ1) is 31.4. The number of nitrogens with zero attached hydrogens (tertiary/aromatic N) is 1. The van der Waals surface area contributed by atoms with Gasteiger partial charge < -0.3 is 24.6 Å². The highest BCUT2D eigenvalue weighted by Gasteiger charge is 2.38. The van der Waals surface area contributed by atoms with E-state index in [9.17, 15) is 24.3 Å². The van der Waals surface area contributed by atoms with Gasteiger partial charge in [0, 0.05) is 13.0 Å². The van der Waals surface area contributed by atoms with Gasteiger partial charge in [-0.1, -0.05) is 68.8 Å². The van der Waals surface area contributed by atoms with Crippen LogP contribution in [-0.4, -0.2) is 71.6 Å². The fourth-order valence-electron chi connectivity index (χ4n) is 4.94. The van der Waals surface area contributed by atoms with Gasteiger partial charge in [-0.3, -0.25) is 4.90 Å². The van der Waals surface area contributed by atoms with E-state index < -0.39 is 47.9 Å². The molecule has 0 aromatic heterocycles. The molecule has 41 heavy (non-hydrogen) atoms. The number of carbonyl (C=O) groups excluding carboxylic acids is 3. The molecule has 0 unspecified atom stereocenters. The fourth-order valence-corrected chi connectivity index (χ4v) is 4.94. The zero-order valence-corrected chi connectivity index (χ0v) is 24.7. The van der Waals surface area contributed by atoms with Crippen LogP contribution < -0.4 is 5.32 Å². The van der Waals surface area contributed by atoms with Crippen LogP contribution in [0.1, 0.15) is 65.0 Å². The monoisotopic (exact) mass is 568 g/mol. The number of fused-ring (bicyclic) bond motifs is 3. The van der Waals surface area contributed by atoms with Gasteiger partial charge in [-0.15, -0.1) is 0 Å². The van der Waals surface area contributed by atoms with E-state index in [0.717, 1.165) is 22.3 Å². The molecule has 2 aromatic carbocycles. The highest BCUT2D eigenvalue weighted by Crippen LogP contribution is 2.44. The van der Waals surface area contributed by atoms with E-state index in [-0.39, 0.29) is 18.4 Å². The molecule has 222 valence electrons. The van der Waals surface area contributed by atoms with Crippen molar-refractivity contribution in [3.8, 4) is 11.1 Å². The lowest BCUT2D eigenvalue weighted by Crippen LogP contribution is -2.53. The molecule has 0 bridgehead atoms. The van der Waals surface area contributed by atoms with E-state index in [1.165, 1.54) is 18.9 Å². The molecular weight excluding hydrogens is 528 g/mol. The smallest absolute Gasteiger partial charge is 0.410 e. The lowest BCUT2D eigenvalue weighted by atomic mass is 9.97. The largest absolute Gasteiger partial charge is 0.480 e. The van der Waals surface area contributed by atoms with E-state index in [1.54, 1.807) is 27.7 Å². The average Bonchev–Trinajstić information content (AvgIpc) is 3.22. The van der Waals surface area contributed by atoms with Gasteiger partial charge in [-0.05, 0) is 55.9 Å². The highest BCUT2D eigenvalue weighted by molar-refractivity contribution is 5.84. The maximum atomic E-state index is 13.3. The molecule has 10 nitrogen and oxygen atoms in total. The Morgan fingerprint density at radius 2 is 1.51 bits per heavy atom.